The van der Waals surface area contributed by atoms with E-state index in [0.717, 1.165) is 18.4 Å². The molecule has 1 fully saturated rings. The molecule has 34 heavy (non-hydrogen) atoms. The van der Waals surface area contributed by atoms with Crippen LogP contribution in [-0.4, -0.2) is 47.0 Å². The van der Waals surface area contributed by atoms with E-state index in [1.807, 2.05) is 25.1 Å². The van der Waals surface area contributed by atoms with Gasteiger partial charge in [-0.2, -0.15) is 0 Å². The lowest BCUT2D eigenvalue weighted by Gasteiger charge is -2.38. The number of fused-ring (bicyclic) bond motifs is 2. The van der Waals surface area contributed by atoms with E-state index in [9.17, 15) is 14.4 Å². The Kier molecular flexibility index (Phi) is 5.82. The van der Waals surface area contributed by atoms with E-state index in [1.54, 1.807) is 0 Å². The second kappa shape index (κ2) is 8.94. The summed E-state index contributed by atoms with van der Waals surface area (Å²) in [5.41, 5.74) is 0.195. The third-order valence-electron chi connectivity index (χ3n) is 6.56. The van der Waals surface area contributed by atoms with E-state index in [0.29, 0.717) is 44.2 Å². The second-order valence-electron chi connectivity index (χ2n) is 8.65. The zero-order chi connectivity index (χ0) is 23.7. The van der Waals surface area contributed by atoms with Crippen molar-refractivity contribution in [2.24, 2.45) is 0 Å². The number of benzene rings is 1. The number of hydrogen-bond acceptors (Lipinski definition) is 7. The van der Waals surface area contributed by atoms with Crippen LogP contribution in [0.5, 0.6) is 11.5 Å². The summed E-state index contributed by atoms with van der Waals surface area (Å²) in [6.07, 6.45) is 3.59. The SMILES string of the molecule is CCCn1c(=O)[nH]c(=O)c2cc(C(=O)NCC3(c4ccc5c(c4)OCO5)CCOCC3)cnc21. The molecular formula is C24H26N4O6. The molecule has 0 radical (unpaired) electrons. The molecule has 2 aliphatic heterocycles. The minimum absolute atomic E-state index is 0.200. The molecule has 3 aromatic rings. The number of hydrogen-bond donors (Lipinski definition) is 2. The number of aromatic nitrogens is 3. The van der Waals surface area contributed by atoms with E-state index in [4.69, 9.17) is 14.2 Å². The number of carbonyl (C=O) groups excluding carboxylic acids is 1. The van der Waals surface area contributed by atoms with Crippen LogP contribution < -0.4 is 26.0 Å². The van der Waals surface area contributed by atoms with Crippen molar-refractivity contribution in [1.82, 2.24) is 19.9 Å². The van der Waals surface area contributed by atoms with Crippen LogP contribution in [0.15, 0.2) is 40.1 Å². The normalized spacial score (nSPS) is 16.5. The minimum atomic E-state index is -0.559. The second-order valence-corrected chi connectivity index (χ2v) is 8.65. The Morgan fingerprint density at radius 2 is 1.97 bits per heavy atom. The zero-order valence-electron chi connectivity index (χ0n) is 18.9. The third kappa shape index (κ3) is 3.94. The molecule has 0 spiro atoms. The first-order valence-electron chi connectivity index (χ1n) is 11.4. The summed E-state index contributed by atoms with van der Waals surface area (Å²) >= 11 is 0. The molecule has 0 unspecified atom stereocenters. The average Bonchev–Trinajstić information content (AvgIpc) is 3.33. The van der Waals surface area contributed by atoms with Gasteiger partial charge in [-0.1, -0.05) is 13.0 Å². The van der Waals surface area contributed by atoms with Gasteiger partial charge < -0.3 is 19.5 Å². The Labute approximate surface area is 194 Å². The Bertz CT molecular complexity index is 1360. The van der Waals surface area contributed by atoms with Crippen molar-refractivity contribution in [2.45, 2.75) is 38.1 Å². The van der Waals surface area contributed by atoms with Crippen LogP contribution in [0.3, 0.4) is 0 Å². The number of aromatic amines is 1. The molecule has 4 heterocycles. The van der Waals surface area contributed by atoms with E-state index >= 15 is 0 Å². The maximum atomic E-state index is 13.1. The number of carbonyl (C=O) groups is 1. The van der Waals surface area contributed by atoms with Crippen molar-refractivity contribution >= 4 is 16.9 Å². The molecule has 0 aliphatic carbocycles. The molecule has 1 aromatic carbocycles. The first kappa shape index (κ1) is 22.1. The Hall–Kier alpha value is -3.66. The molecular weight excluding hydrogens is 440 g/mol. The lowest BCUT2D eigenvalue weighted by Crippen LogP contribution is -2.44. The minimum Gasteiger partial charge on any atom is -0.454 e. The van der Waals surface area contributed by atoms with Crippen LogP contribution >= 0.6 is 0 Å². The number of nitrogens with one attached hydrogen (secondary N) is 2. The van der Waals surface area contributed by atoms with Gasteiger partial charge in [0.1, 0.15) is 5.65 Å². The Morgan fingerprint density at radius 3 is 2.76 bits per heavy atom. The fourth-order valence-electron chi connectivity index (χ4n) is 4.63. The predicted octanol–water partition coefficient (Wildman–Crippen LogP) is 1.70. The van der Waals surface area contributed by atoms with Crippen LogP contribution in [0.1, 0.15) is 42.1 Å². The highest BCUT2D eigenvalue weighted by Crippen LogP contribution is 2.40. The third-order valence-corrected chi connectivity index (χ3v) is 6.56. The summed E-state index contributed by atoms with van der Waals surface area (Å²) in [6.45, 7) is 4.12. The summed E-state index contributed by atoms with van der Waals surface area (Å²) in [5.74, 6) is 1.07. The van der Waals surface area contributed by atoms with Gasteiger partial charge in [0.25, 0.3) is 11.5 Å². The van der Waals surface area contributed by atoms with E-state index in [-0.39, 0.29) is 34.7 Å². The van der Waals surface area contributed by atoms with Crippen LogP contribution in [0.2, 0.25) is 0 Å². The number of aryl methyl sites for hydroxylation is 1. The molecule has 0 saturated carbocycles. The molecule has 5 rings (SSSR count). The van der Waals surface area contributed by atoms with Crippen molar-refractivity contribution in [3.8, 4) is 11.5 Å². The van der Waals surface area contributed by atoms with E-state index in [2.05, 4.69) is 15.3 Å². The van der Waals surface area contributed by atoms with Crippen molar-refractivity contribution in [1.29, 1.82) is 0 Å². The highest BCUT2D eigenvalue weighted by Gasteiger charge is 2.36. The van der Waals surface area contributed by atoms with Gasteiger partial charge in [-0.3, -0.25) is 19.1 Å². The number of H-pyrrole nitrogens is 1. The number of rotatable bonds is 6. The summed E-state index contributed by atoms with van der Waals surface area (Å²) in [7, 11) is 0. The van der Waals surface area contributed by atoms with Crippen LogP contribution in [0, 0.1) is 0 Å². The number of nitrogens with zero attached hydrogens (tertiary/aromatic N) is 2. The lowest BCUT2D eigenvalue weighted by atomic mass is 9.74. The number of amides is 1. The van der Waals surface area contributed by atoms with Gasteiger partial charge in [0.05, 0.1) is 10.9 Å². The van der Waals surface area contributed by atoms with Crippen molar-refractivity contribution < 1.29 is 19.0 Å². The van der Waals surface area contributed by atoms with Gasteiger partial charge in [0.15, 0.2) is 11.5 Å². The Balaban J connectivity index is 1.42. The fraction of sp³-hybridized carbons (Fsp3) is 0.417. The molecule has 0 bridgehead atoms. The molecule has 2 aromatic heterocycles. The van der Waals surface area contributed by atoms with Crippen LogP contribution in [0.25, 0.3) is 11.0 Å². The highest BCUT2D eigenvalue weighted by atomic mass is 16.7. The molecule has 10 nitrogen and oxygen atoms in total. The smallest absolute Gasteiger partial charge is 0.329 e. The van der Waals surface area contributed by atoms with Crippen LogP contribution in [0.4, 0.5) is 0 Å². The molecule has 0 atom stereocenters. The average molecular weight is 466 g/mol. The fourth-order valence-corrected chi connectivity index (χ4v) is 4.63. The van der Waals surface area contributed by atoms with Crippen molar-refractivity contribution in [3.05, 3.63) is 62.4 Å². The molecule has 178 valence electrons. The van der Waals surface area contributed by atoms with Gasteiger partial charge in [-0.25, -0.2) is 9.78 Å². The zero-order valence-corrected chi connectivity index (χ0v) is 18.9. The van der Waals surface area contributed by atoms with E-state index < -0.39 is 11.2 Å². The lowest BCUT2D eigenvalue weighted by molar-refractivity contribution is 0.0486. The summed E-state index contributed by atoms with van der Waals surface area (Å²) in [5, 5.41) is 3.23. The highest BCUT2D eigenvalue weighted by molar-refractivity contribution is 5.96. The molecule has 2 N–H and O–H groups in total. The van der Waals surface area contributed by atoms with Gasteiger partial charge in [-0.15, -0.1) is 0 Å². The summed E-state index contributed by atoms with van der Waals surface area (Å²) in [4.78, 5) is 44.2. The maximum absolute atomic E-state index is 13.1. The number of pyridine rings is 1. The first-order valence-corrected chi connectivity index (χ1v) is 11.4. The summed E-state index contributed by atoms with van der Waals surface area (Å²) in [6, 6.07) is 7.37. The van der Waals surface area contributed by atoms with Gasteiger partial charge in [-0.05, 0) is 43.0 Å². The quantitative estimate of drug-likeness (QED) is 0.567. The molecule has 2 aliphatic rings. The van der Waals surface area contributed by atoms with Gasteiger partial charge in [0, 0.05) is 37.9 Å². The summed E-state index contributed by atoms with van der Waals surface area (Å²) < 4.78 is 18.0. The molecule has 1 saturated heterocycles. The monoisotopic (exact) mass is 466 g/mol. The van der Waals surface area contributed by atoms with Crippen molar-refractivity contribution in [3.63, 3.8) is 0 Å². The topological polar surface area (TPSA) is 125 Å². The number of ether oxygens (including phenoxy) is 3. The van der Waals surface area contributed by atoms with Gasteiger partial charge >= 0.3 is 5.69 Å². The van der Waals surface area contributed by atoms with Crippen LogP contribution in [-0.2, 0) is 16.7 Å². The standard InChI is InChI=1S/C24H26N4O6/c1-2-7-28-20-17(22(30)27-23(28)31)10-15(12-25-20)21(29)26-13-24(5-8-32-9-6-24)16-3-4-18-19(11-16)34-14-33-18/h3-4,10-12H,2,5-9,13-14H2,1H3,(H,26,29)(H,27,30,31). The molecule has 1 amide bonds. The van der Waals surface area contributed by atoms with Gasteiger partial charge in [0.2, 0.25) is 6.79 Å². The van der Waals surface area contributed by atoms with E-state index in [1.165, 1.54) is 16.8 Å². The Morgan fingerprint density at radius 1 is 1.18 bits per heavy atom. The molecule has 10 heteroatoms. The largest absolute Gasteiger partial charge is 0.454 e. The first-order chi connectivity index (χ1) is 16.5. The predicted molar refractivity (Wildman–Crippen MR) is 124 cm³/mol. The maximum Gasteiger partial charge on any atom is 0.329 e. The van der Waals surface area contributed by atoms with Crippen molar-refractivity contribution in [2.75, 3.05) is 26.6 Å².